The summed E-state index contributed by atoms with van der Waals surface area (Å²) in [4.78, 5) is 8.88. The van der Waals surface area contributed by atoms with Crippen molar-refractivity contribution in [1.82, 2.24) is 19.6 Å². The third-order valence-corrected chi connectivity index (χ3v) is 6.57. The van der Waals surface area contributed by atoms with Gasteiger partial charge in [-0.05, 0) is 79.1 Å². The van der Waals surface area contributed by atoms with Gasteiger partial charge in [-0.1, -0.05) is 11.6 Å². The van der Waals surface area contributed by atoms with Crippen LogP contribution < -0.4 is 5.73 Å². The lowest BCUT2D eigenvalue weighted by atomic mass is 9.80. The fourth-order valence-electron chi connectivity index (χ4n) is 5.02. The van der Waals surface area contributed by atoms with E-state index in [1.165, 1.54) is 23.3 Å². The van der Waals surface area contributed by atoms with Gasteiger partial charge < -0.3 is 10.8 Å². The van der Waals surface area contributed by atoms with Crippen LogP contribution in [0.5, 0.6) is 0 Å². The number of rotatable bonds is 6. The van der Waals surface area contributed by atoms with Gasteiger partial charge in [0.2, 0.25) is 0 Å². The van der Waals surface area contributed by atoms with E-state index in [1.54, 1.807) is 29.0 Å². The normalized spacial score (nSPS) is 18.1. The summed E-state index contributed by atoms with van der Waals surface area (Å²) in [5.74, 6) is -0.480. The molecule has 1 aliphatic carbocycles. The van der Waals surface area contributed by atoms with Gasteiger partial charge in [0.1, 0.15) is 17.5 Å². The van der Waals surface area contributed by atoms with Gasteiger partial charge in [0, 0.05) is 31.5 Å². The first kappa shape index (κ1) is 23.3. The minimum absolute atomic E-state index is 0.0276. The molecule has 6 nitrogen and oxygen atoms in total. The Morgan fingerprint density at radius 1 is 1.14 bits per heavy atom. The maximum absolute atomic E-state index is 14.8. The summed E-state index contributed by atoms with van der Waals surface area (Å²) in [5, 5.41) is 13.6. The second-order valence-electron chi connectivity index (χ2n) is 9.20. The van der Waals surface area contributed by atoms with Crippen LogP contribution in [0, 0.1) is 11.6 Å². The van der Waals surface area contributed by atoms with Crippen molar-refractivity contribution in [2.45, 2.75) is 44.6 Å². The molecule has 0 radical (unpaired) electrons. The molecule has 180 valence electrons. The summed E-state index contributed by atoms with van der Waals surface area (Å²) in [5.41, 5.74) is 10.8. The summed E-state index contributed by atoms with van der Waals surface area (Å²) >= 11 is 0. The highest BCUT2D eigenvalue weighted by atomic mass is 19.1. The number of imidazole rings is 1. The second-order valence-corrected chi connectivity index (χ2v) is 9.20. The molecule has 8 heteroatoms. The number of aliphatic hydroxyl groups excluding tert-OH is 1. The lowest BCUT2D eigenvalue weighted by Gasteiger charge is -2.27. The first-order valence-electron chi connectivity index (χ1n) is 11.7. The molecular weight excluding hydrogens is 448 g/mol. The Morgan fingerprint density at radius 3 is 2.69 bits per heavy atom. The van der Waals surface area contributed by atoms with E-state index < -0.39 is 11.6 Å². The van der Waals surface area contributed by atoms with Crippen molar-refractivity contribution >= 4 is 5.52 Å². The quantitative estimate of drug-likeness (QED) is 0.405. The van der Waals surface area contributed by atoms with Crippen molar-refractivity contribution in [2.75, 3.05) is 6.61 Å². The highest BCUT2D eigenvalue weighted by Gasteiger charge is 2.23. The molecular formula is C27H27F2N5O. The SMILES string of the molecule is CC1=C[C@H](N)C[C@H](c2ccncc2Cc2ncc3ccc(-c4c(F)cc(CCO)cc4F)nn23)C1. The molecule has 0 bridgehead atoms. The van der Waals surface area contributed by atoms with Crippen LogP contribution in [0.25, 0.3) is 16.8 Å². The average Bonchev–Trinajstić information content (AvgIpc) is 3.21. The zero-order chi connectivity index (χ0) is 24.5. The van der Waals surface area contributed by atoms with Crippen LogP contribution in [-0.2, 0) is 12.8 Å². The second kappa shape index (κ2) is 9.64. The minimum Gasteiger partial charge on any atom is -0.396 e. The number of pyridine rings is 1. The van der Waals surface area contributed by atoms with Crippen molar-refractivity contribution in [3.8, 4) is 11.3 Å². The number of nitrogens with zero attached hydrogens (tertiary/aromatic N) is 4. The molecule has 2 atom stereocenters. The van der Waals surface area contributed by atoms with Gasteiger partial charge in [-0.25, -0.2) is 18.3 Å². The Morgan fingerprint density at radius 2 is 1.94 bits per heavy atom. The molecule has 0 aliphatic heterocycles. The molecule has 3 heterocycles. The molecule has 0 saturated carbocycles. The first-order chi connectivity index (χ1) is 16.9. The molecule has 3 aromatic heterocycles. The topological polar surface area (TPSA) is 89.3 Å². The summed E-state index contributed by atoms with van der Waals surface area (Å²) in [6.07, 6.45) is 9.93. The lowest BCUT2D eigenvalue weighted by Crippen LogP contribution is -2.25. The average molecular weight is 476 g/mol. The molecule has 0 unspecified atom stereocenters. The van der Waals surface area contributed by atoms with E-state index in [9.17, 15) is 8.78 Å². The third-order valence-electron chi connectivity index (χ3n) is 6.57. The van der Waals surface area contributed by atoms with Crippen molar-refractivity contribution in [3.63, 3.8) is 0 Å². The lowest BCUT2D eigenvalue weighted by molar-refractivity contribution is 0.299. The standard InChI is InChI=1S/C27H27F2N5O/c1-16-8-18(12-20(30)9-16)22-4-6-31-14-19(22)13-26-32-15-21-2-3-25(33-34(21)26)27-23(28)10-17(5-7-35)11-24(27)29/h2-4,6,9-11,14-15,18,20,35H,5,7-8,12-13,30H2,1H3/t18-,20+/m1/s1. The van der Waals surface area contributed by atoms with E-state index in [4.69, 9.17) is 10.8 Å². The number of fused-ring (bicyclic) bond motifs is 1. The van der Waals surface area contributed by atoms with Crippen molar-refractivity contribution in [3.05, 3.63) is 94.7 Å². The fraction of sp³-hybridized carbons (Fsp3) is 0.296. The predicted octanol–water partition coefficient (Wildman–Crippen LogP) is 4.35. The maximum Gasteiger partial charge on any atom is 0.135 e. The van der Waals surface area contributed by atoms with E-state index in [2.05, 4.69) is 28.1 Å². The molecule has 4 aromatic rings. The molecule has 0 saturated heterocycles. The maximum atomic E-state index is 14.8. The highest BCUT2D eigenvalue weighted by Crippen LogP contribution is 2.34. The van der Waals surface area contributed by atoms with Gasteiger partial charge in [0.05, 0.1) is 23.0 Å². The number of allylic oxidation sites excluding steroid dienone is 1. The number of hydrogen-bond donors (Lipinski definition) is 2. The summed E-state index contributed by atoms with van der Waals surface area (Å²) in [6, 6.07) is 7.88. The van der Waals surface area contributed by atoms with Crippen LogP contribution in [0.1, 0.15) is 48.2 Å². The largest absolute Gasteiger partial charge is 0.396 e. The van der Waals surface area contributed by atoms with Gasteiger partial charge in [0.25, 0.3) is 0 Å². The molecule has 0 fully saturated rings. The number of halogens is 2. The van der Waals surface area contributed by atoms with E-state index >= 15 is 0 Å². The van der Waals surface area contributed by atoms with E-state index in [1.807, 2.05) is 12.3 Å². The van der Waals surface area contributed by atoms with Gasteiger partial charge in [0.15, 0.2) is 0 Å². The Kier molecular flexibility index (Phi) is 6.40. The molecule has 1 aromatic carbocycles. The van der Waals surface area contributed by atoms with Crippen LogP contribution in [-0.4, -0.2) is 37.3 Å². The van der Waals surface area contributed by atoms with E-state index in [0.717, 1.165) is 23.9 Å². The Hall–Kier alpha value is -3.49. The Balaban J connectivity index is 1.51. The number of aliphatic hydroxyl groups is 1. The first-order valence-corrected chi connectivity index (χ1v) is 11.7. The Bertz CT molecular complexity index is 1390. The van der Waals surface area contributed by atoms with Crippen molar-refractivity contribution in [1.29, 1.82) is 0 Å². The number of nitrogens with two attached hydrogens (primary N) is 1. The van der Waals surface area contributed by atoms with Gasteiger partial charge in [-0.15, -0.1) is 0 Å². The predicted molar refractivity (Wildman–Crippen MR) is 130 cm³/mol. The van der Waals surface area contributed by atoms with Crippen LogP contribution in [0.4, 0.5) is 8.78 Å². The molecule has 5 rings (SSSR count). The van der Waals surface area contributed by atoms with E-state index in [-0.39, 0.29) is 30.3 Å². The molecule has 0 spiro atoms. The van der Waals surface area contributed by atoms with Gasteiger partial charge >= 0.3 is 0 Å². The third kappa shape index (κ3) is 4.72. The van der Waals surface area contributed by atoms with Crippen molar-refractivity contribution < 1.29 is 13.9 Å². The van der Waals surface area contributed by atoms with Crippen LogP contribution >= 0.6 is 0 Å². The number of hydrogen-bond acceptors (Lipinski definition) is 5. The number of benzene rings is 1. The fourth-order valence-corrected chi connectivity index (χ4v) is 5.02. The Labute approximate surface area is 202 Å². The highest BCUT2D eigenvalue weighted by molar-refractivity contribution is 5.63. The smallest absolute Gasteiger partial charge is 0.135 e. The monoisotopic (exact) mass is 475 g/mol. The molecule has 1 aliphatic rings. The summed E-state index contributed by atoms with van der Waals surface area (Å²) < 4.78 is 31.2. The van der Waals surface area contributed by atoms with Crippen molar-refractivity contribution in [2.24, 2.45) is 5.73 Å². The molecule has 35 heavy (non-hydrogen) atoms. The van der Waals surface area contributed by atoms with Crippen LogP contribution in [0.3, 0.4) is 0 Å². The number of aromatic nitrogens is 4. The van der Waals surface area contributed by atoms with Gasteiger partial charge in [-0.3, -0.25) is 4.98 Å². The molecule has 3 N–H and O–H groups in total. The zero-order valence-corrected chi connectivity index (χ0v) is 19.5. The summed E-state index contributed by atoms with van der Waals surface area (Å²) in [7, 11) is 0. The zero-order valence-electron chi connectivity index (χ0n) is 19.5. The van der Waals surface area contributed by atoms with Crippen LogP contribution in [0.2, 0.25) is 0 Å². The summed E-state index contributed by atoms with van der Waals surface area (Å²) in [6.45, 7) is 1.93. The minimum atomic E-state index is -0.714. The molecule has 0 amide bonds. The van der Waals surface area contributed by atoms with E-state index in [0.29, 0.717) is 23.7 Å². The van der Waals surface area contributed by atoms with Gasteiger partial charge in [-0.2, -0.15) is 5.10 Å². The van der Waals surface area contributed by atoms with Crippen LogP contribution in [0.15, 0.2) is 60.6 Å².